The number of carbonyl (C=O) groups excluding carboxylic acids is 1. The summed E-state index contributed by atoms with van der Waals surface area (Å²) in [5, 5.41) is 0. The third-order valence-electron chi connectivity index (χ3n) is 5.24. The second kappa shape index (κ2) is 7.87. The van der Waals surface area contributed by atoms with Crippen molar-refractivity contribution in [2.24, 2.45) is 5.92 Å². The maximum atomic E-state index is 13.0. The molecule has 1 aromatic carbocycles. The number of pyridine rings is 1. The van der Waals surface area contributed by atoms with E-state index in [4.69, 9.17) is 4.74 Å². The van der Waals surface area contributed by atoms with Crippen LogP contribution in [-0.4, -0.2) is 53.5 Å². The van der Waals surface area contributed by atoms with E-state index in [0.717, 1.165) is 62.6 Å². The standard InChI is InChI=1S/C21H25N3O2/c25-21(18-14-17-6-1-2-8-20(17)26-16-18)24-11-5-10-23(12-13-24)15-19-7-3-4-9-22-19/h1-4,6-9,18H,5,10-16H2/t18-/m0/s1. The Balaban J connectivity index is 1.35. The lowest BCUT2D eigenvalue weighted by Crippen LogP contribution is -2.42. The van der Waals surface area contributed by atoms with Crippen LogP contribution in [0, 0.1) is 5.92 Å². The first-order chi connectivity index (χ1) is 12.8. The molecule has 0 radical (unpaired) electrons. The van der Waals surface area contributed by atoms with E-state index in [-0.39, 0.29) is 11.8 Å². The number of hydrogen-bond donors (Lipinski definition) is 0. The van der Waals surface area contributed by atoms with E-state index in [1.807, 2.05) is 41.4 Å². The predicted molar refractivity (Wildman–Crippen MR) is 99.8 cm³/mol. The van der Waals surface area contributed by atoms with E-state index in [0.29, 0.717) is 6.61 Å². The molecule has 136 valence electrons. The summed E-state index contributed by atoms with van der Waals surface area (Å²) in [5.74, 6) is 1.10. The van der Waals surface area contributed by atoms with Gasteiger partial charge in [-0.15, -0.1) is 0 Å². The molecule has 5 nitrogen and oxygen atoms in total. The summed E-state index contributed by atoms with van der Waals surface area (Å²) in [6.45, 7) is 4.85. The first-order valence-corrected chi connectivity index (χ1v) is 9.41. The number of hydrogen-bond acceptors (Lipinski definition) is 4. The van der Waals surface area contributed by atoms with Crippen molar-refractivity contribution in [3.63, 3.8) is 0 Å². The number of nitrogens with zero attached hydrogens (tertiary/aromatic N) is 3. The summed E-state index contributed by atoms with van der Waals surface area (Å²) in [4.78, 5) is 21.8. The fraction of sp³-hybridized carbons (Fsp3) is 0.429. The van der Waals surface area contributed by atoms with Crippen LogP contribution in [0.2, 0.25) is 0 Å². The zero-order valence-corrected chi connectivity index (χ0v) is 15.0. The molecule has 4 rings (SSSR count). The summed E-state index contributed by atoms with van der Waals surface area (Å²) in [6.07, 6.45) is 3.62. The van der Waals surface area contributed by atoms with Gasteiger partial charge in [-0.1, -0.05) is 24.3 Å². The summed E-state index contributed by atoms with van der Waals surface area (Å²) in [5.41, 5.74) is 2.23. The molecule has 2 aromatic rings. The third kappa shape index (κ3) is 3.88. The Labute approximate surface area is 154 Å². The molecule has 26 heavy (non-hydrogen) atoms. The molecule has 2 aliphatic rings. The molecule has 2 aliphatic heterocycles. The van der Waals surface area contributed by atoms with Gasteiger partial charge in [0.05, 0.1) is 11.6 Å². The van der Waals surface area contributed by atoms with Crippen LogP contribution in [-0.2, 0) is 17.8 Å². The van der Waals surface area contributed by atoms with Crippen LogP contribution in [0.3, 0.4) is 0 Å². The summed E-state index contributed by atoms with van der Waals surface area (Å²) in [6, 6.07) is 14.1. The Morgan fingerprint density at radius 2 is 1.96 bits per heavy atom. The minimum absolute atomic E-state index is 0.0627. The highest BCUT2D eigenvalue weighted by Gasteiger charge is 2.30. The van der Waals surface area contributed by atoms with Crippen LogP contribution < -0.4 is 4.74 Å². The van der Waals surface area contributed by atoms with Crippen molar-refractivity contribution >= 4 is 5.91 Å². The van der Waals surface area contributed by atoms with Gasteiger partial charge in [-0.05, 0) is 36.6 Å². The summed E-state index contributed by atoms with van der Waals surface area (Å²) < 4.78 is 5.81. The van der Waals surface area contributed by atoms with E-state index >= 15 is 0 Å². The molecule has 0 N–H and O–H groups in total. The van der Waals surface area contributed by atoms with E-state index in [1.54, 1.807) is 0 Å². The largest absolute Gasteiger partial charge is 0.492 e. The van der Waals surface area contributed by atoms with Gasteiger partial charge in [-0.3, -0.25) is 14.7 Å². The lowest BCUT2D eigenvalue weighted by Gasteiger charge is -2.29. The highest BCUT2D eigenvalue weighted by atomic mass is 16.5. The SMILES string of the molecule is O=C([C@@H]1COc2ccccc2C1)N1CCCN(Cc2ccccn2)CC1. The maximum Gasteiger partial charge on any atom is 0.229 e. The van der Waals surface area contributed by atoms with Crippen LogP contribution in [0.5, 0.6) is 5.75 Å². The Morgan fingerprint density at radius 1 is 1.08 bits per heavy atom. The van der Waals surface area contributed by atoms with Crippen molar-refractivity contribution < 1.29 is 9.53 Å². The van der Waals surface area contributed by atoms with Crippen LogP contribution in [0.4, 0.5) is 0 Å². The van der Waals surface area contributed by atoms with Gasteiger partial charge in [0, 0.05) is 38.9 Å². The molecule has 0 aliphatic carbocycles. The Morgan fingerprint density at radius 3 is 2.85 bits per heavy atom. The zero-order chi connectivity index (χ0) is 17.8. The molecule has 0 spiro atoms. The highest BCUT2D eigenvalue weighted by Crippen LogP contribution is 2.28. The van der Waals surface area contributed by atoms with E-state index in [2.05, 4.69) is 22.0 Å². The van der Waals surface area contributed by atoms with Gasteiger partial charge >= 0.3 is 0 Å². The molecule has 3 heterocycles. The number of rotatable bonds is 3. The highest BCUT2D eigenvalue weighted by molar-refractivity contribution is 5.79. The lowest BCUT2D eigenvalue weighted by molar-refractivity contribution is -0.136. The van der Waals surface area contributed by atoms with Crippen molar-refractivity contribution in [1.29, 1.82) is 0 Å². The van der Waals surface area contributed by atoms with Gasteiger partial charge in [-0.25, -0.2) is 0 Å². The average Bonchev–Trinajstić information content (AvgIpc) is 2.93. The van der Waals surface area contributed by atoms with Crippen LogP contribution in [0.1, 0.15) is 17.7 Å². The van der Waals surface area contributed by atoms with E-state index in [1.165, 1.54) is 0 Å². The van der Waals surface area contributed by atoms with Crippen LogP contribution in [0.15, 0.2) is 48.7 Å². The first kappa shape index (κ1) is 17.0. The summed E-state index contributed by atoms with van der Waals surface area (Å²) >= 11 is 0. The maximum absolute atomic E-state index is 13.0. The monoisotopic (exact) mass is 351 g/mol. The molecule has 0 bridgehead atoms. The van der Waals surface area contributed by atoms with Crippen LogP contribution >= 0.6 is 0 Å². The van der Waals surface area contributed by atoms with Gasteiger partial charge in [-0.2, -0.15) is 0 Å². The molecular formula is C21H25N3O2. The smallest absolute Gasteiger partial charge is 0.229 e. The number of para-hydroxylation sites is 1. The van der Waals surface area contributed by atoms with Crippen molar-refractivity contribution in [2.75, 3.05) is 32.8 Å². The molecular weight excluding hydrogens is 326 g/mol. The van der Waals surface area contributed by atoms with E-state index < -0.39 is 0 Å². The number of carbonyl (C=O) groups is 1. The molecule has 0 unspecified atom stereocenters. The second-order valence-electron chi connectivity index (χ2n) is 7.10. The Bertz CT molecular complexity index is 750. The van der Waals surface area contributed by atoms with Crippen molar-refractivity contribution in [1.82, 2.24) is 14.8 Å². The molecule has 5 heteroatoms. The third-order valence-corrected chi connectivity index (χ3v) is 5.24. The first-order valence-electron chi connectivity index (χ1n) is 9.41. The number of fused-ring (bicyclic) bond motifs is 1. The number of ether oxygens (including phenoxy) is 1. The minimum atomic E-state index is -0.0627. The van der Waals surface area contributed by atoms with Gasteiger partial charge in [0.25, 0.3) is 0 Å². The van der Waals surface area contributed by atoms with Crippen LogP contribution in [0.25, 0.3) is 0 Å². The predicted octanol–water partition coefficient (Wildman–Crippen LogP) is 2.37. The van der Waals surface area contributed by atoms with Crippen molar-refractivity contribution in [3.05, 3.63) is 59.9 Å². The molecule has 1 saturated heterocycles. The fourth-order valence-electron chi connectivity index (χ4n) is 3.82. The van der Waals surface area contributed by atoms with Gasteiger partial charge in [0.2, 0.25) is 5.91 Å². The average molecular weight is 351 g/mol. The second-order valence-corrected chi connectivity index (χ2v) is 7.10. The van der Waals surface area contributed by atoms with Gasteiger partial charge in [0.15, 0.2) is 0 Å². The van der Waals surface area contributed by atoms with Gasteiger partial charge < -0.3 is 9.64 Å². The Hall–Kier alpha value is -2.40. The van der Waals surface area contributed by atoms with E-state index in [9.17, 15) is 4.79 Å². The number of benzene rings is 1. The number of amides is 1. The zero-order valence-electron chi connectivity index (χ0n) is 15.0. The van der Waals surface area contributed by atoms with Crippen molar-refractivity contribution in [3.8, 4) is 5.75 Å². The molecule has 1 aromatic heterocycles. The summed E-state index contributed by atoms with van der Waals surface area (Å²) in [7, 11) is 0. The normalized spacial score (nSPS) is 20.8. The fourth-order valence-corrected chi connectivity index (χ4v) is 3.82. The van der Waals surface area contributed by atoms with Gasteiger partial charge in [0.1, 0.15) is 12.4 Å². The molecule has 1 fully saturated rings. The molecule has 0 saturated carbocycles. The molecule has 1 amide bonds. The minimum Gasteiger partial charge on any atom is -0.492 e. The number of aromatic nitrogens is 1. The Kier molecular flexibility index (Phi) is 5.16. The lowest BCUT2D eigenvalue weighted by atomic mass is 9.95. The quantitative estimate of drug-likeness (QED) is 0.852. The van der Waals surface area contributed by atoms with Crippen molar-refractivity contribution in [2.45, 2.75) is 19.4 Å². The topological polar surface area (TPSA) is 45.7 Å². The molecule has 1 atom stereocenters.